The van der Waals surface area contributed by atoms with Gasteiger partial charge in [-0.2, -0.15) is 8.78 Å². The Labute approximate surface area is 205 Å². The number of ether oxygens (including phenoxy) is 3. The standard InChI is InChI=1S/C22H30F2N4O3.HI/c1-25-22(26-14-16-6-5-7-19(12-16)30-11-10-28(2)3)27-15-17-13-18(29-4)8-9-20(17)31-21(23)24;/h5-9,12-13,21H,10-11,14-15H2,1-4H3,(H2,25,26,27);1H. The molecule has 0 heterocycles. The lowest BCUT2D eigenvalue weighted by atomic mass is 10.2. The van der Waals surface area contributed by atoms with E-state index in [2.05, 4.69) is 25.3 Å². The molecule has 0 aliphatic carbocycles. The van der Waals surface area contributed by atoms with Gasteiger partial charge in [-0.05, 0) is 50.0 Å². The summed E-state index contributed by atoms with van der Waals surface area (Å²) in [6, 6.07) is 12.5. The van der Waals surface area contributed by atoms with E-state index in [1.54, 1.807) is 19.2 Å². The van der Waals surface area contributed by atoms with Gasteiger partial charge in [-0.15, -0.1) is 24.0 Å². The number of nitrogens with zero attached hydrogens (tertiary/aromatic N) is 2. The highest BCUT2D eigenvalue weighted by Gasteiger charge is 2.11. The van der Waals surface area contributed by atoms with Crippen LogP contribution >= 0.6 is 24.0 Å². The van der Waals surface area contributed by atoms with Crippen molar-refractivity contribution in [3.63, 3.8) is 0 Å². The molecule has 0 spiro atoms. The molecule has 2 N–H and O–H groups in total. The number of hydrogen-bond donors (Lipinski definition) is 2. The van der Waals surface area contributed by atoms with E-state index in [0.29, 0.717) is 30.4 Å². The SMILES string of the molecule is CN=C(NCc1cccc(OCCN(C)C)c1)NCc1cc(OC)ccc1OC(F)F.I. The minimum atomic E-state index is -2.91. The summed E-state index contributed by atoms with van der Waals surface area (Å²) in [6.07, 6.45) is 0. The number of guanidine groups is 1. The fourth-order valence-electron chi connectivity index (χ4n) is 2.71. The van der Waals surface area contributed by atoms with Gasteiger partial charge in [0.2, 0.25) is 0 Å². The molecule has 7 nitrogen and oxygen atoms in total. The summed E-state index contributed by atoms with van der Waals surface area (Å²) in [5, 5.41) is 6.31. The molecule has 2 aromatic rings. The molecular weight excluding hydrogens is 533 g/mol. The number of halogens is 3. The first-order valence-electron chi connectivity index (χ1n) is 9.84. The molecule has 0 aliphatic heterocycles. The minimum Gasteiger partial charge on any atom is -0.497 e. The molecule has 0 saturated carbocycles. The van der Waals surface area contributed by atoms with Crippen LogP contribution in [0, 0.1) is 0 Å². The van der Waals surface area contributed by atoms with Crippen molar-refractivity contribution in [3.8, 4) is 17.2 Å². The van der Waals surface area contributed by atoms with Gasteiger partial charge in [0, 0.05) is 32.2 Å². The van der Waals surface area contributed by atoms with Crippen molar-refractivity contribution in [1.29, 1.82) is 0 Å². The van der Waals surface area contributed by atoms with E-state index in [9.17, 15) is 8.78 Å². The third-order valence-corrected chi connectivity index (χ3v) is 4.32. The Balaban J connectivity index is 0.00000512. The van der Waals surface area contributed by atoms with Crippen molar-refractivity contribution in [2.75, 3.05) is 41.4 Å². The predicted molar refractivity (Wildman–Crippen MR) is 133 cm³/mol. The maximum Gasteiger partial charge on any atom is 0.387 e. The first-order chi connectivity index (χ1) is 14.9. The highest BCUT2D eigenvalue weighted by Crippen LogP contribution is 2.25. The van der Waals surface area contributed by atoms with E-state index in [1.807, 2.05) is 38.4 Å². The van der Waals surface area contributed by atoms with Gasteiger partial charge in [-0.3, -0.25) is 4.99 Å². The van der Waals surface area contributed by atoms with Crippen LogP contribution < -0.4 is 24.8 Å². The second-order valence-electron chi connectivity index (χ2n) is 6.93. The summed E-state index contributed by atoms with van der Waals surface area (Å²) in [7, 11) is 7.14. The molecule has 0 amide bonds. The zero-order chi connectivity index (χ0) is 22.6. The number of benzene rings is 2. The molecule has 10 heteroatoms. The topological polar surface area (TPSA) is 67.4 Å². The third kappa shape index (κ3) is 9.86. The number of nitrogens with one attached hydrogen (secondary N) is 2. The number of alkyl halides is 2. The average Bonchev–Trinajstić information content (AvgIpc) is 2.74. The van der Waals surface area contributed by atoms with Crippen molar-refractivity contribution in [2.24, 2.45) is 4.99 Å². The van der Waals surface area contributed by atoms with Crippen LogP contribution in [0.1, 0.15) is 11.1 Å². The van der Waals surface area contributed by atoms with Gasteiger partial charge in [0.25, 0.3) is 0 Å². The lowest BCUT2D eigenvalue weighted by Crippen LogP contribution is -2.36. The van der Waals surface area contributed by atoms with E-state index in [1.165, 1.54) is 13.2 Å². The van der Waals surface area contributed by atoms with Crippen molar-refractivity contribution in [1.82, 2.24) is 15.5 Å². The van der Waals surface area contributed by atoms with Crippen LogP contribution in [0.5, 0.6) is 17.2 Å². The van der Waals surface area contributed by atoms with Gasteiger partial charge >= 0.3 is 6.61 Å². The molecule has 2 rings (SSSR count). The molecule has 2 aromatic carbocycles. The van der Waals surface area contributed by atoms with Gasteiger partial charge in [0.05, 0.1) is 7.11 Å². The summed E-state index contributed by atoms with van der Waals surface area (Å²) in [5.41, 5.74) is 1.55. The molecule has 178 valence electrons. The van der Waals surface area contributed by atoms with Gasteiger partial charge in [0.15, 0.2) is 5.96 Å². The van der Waals surface area contributed by atoms with Crippen LogP contribution in [0.3, 0.4) is 0 Å². The molecule has 0 radical (unpaired) electrons. The number of methoxy groups -OCH3 is 1. The van der Waals surface area contributed by atoms with Crippen LogP contribution in [0.4, 0.5) is 8.78 Å². The highest BCUT2D eigenvalue weighted by molar-refractivity contribution is 14.0. The van der Waals surface area contributed by atoms with Gasteiger partial charge in [0.1, 0.15) is 23.9 Å². The van der Waals surface area contributed by atoms with Crippen LogP contribution in [-0.4, -0.2) is 58.9 Å². The Morgan fingerprint density at radius 3 is 2.47 bits per heavy atom. The normalized spacial score (nSPS) is 11.2. The largest absolute Gasteiger partial charge is 0.497 e. The van der Waals surface area contributed by atoms with Gasteiger partial charge < -0.3 is 29.7 Å². The number of likely N-dealkylation sites (N-methyl/N-ethyl adjacent to an activating group) is 1. The quantitative estimate of drug-likeness (QED) is 0.247. The lowest BCUT2D eigenvalue weighted by molar-refractivity contribution is -0.0505. The maximum absolute atomic E-state index is 12.7. The summed E-state index contributed by atoms with van der Waals surface area (Å²) in [4.78, 5) is 6.24. The zero-order valence-electron chi connectivity index (χ0n) is 18.7. The van der Waals surface area contributed by atoms with E-state index >= 15 is 0 Å². The van der Waals surface area contributed by atoms with E-state index in [0.717, 1.165) is 17.9 Å². The lowest BCUT2D eigenvalue weighted by Gasteiger charge is -2.16. The fraction of sp³-hybridized carbons (Fsp3) is 0.409. The van der Waals surface area contributed by atoms with E-state index < -0.39 is 6.61 Å². The summed E-state index contributed by atoms with van der Waals surface area (Å²) in [6.45, 7) is -0.718. The Morgan fingerprint density at radius 1 is 1.06 bits per heavy atom. The van der Waals surface area contributed by atoms with E-state index in [4.69, 9.17) is 9.47 Å². The number of hydrogen-bond acceptors (Lipinski definition) is 5. The smallest absolute Gasteiger partial charge is 0.387 e. The first kappa shape index (κ1) is 27.7. The molecule has 0 fully saturated rings. The fourth-order valence-corrected chi connectivity index (χ4v) is 2.71. The molecule has 32 heavy (non-hydrogen) atoms. The second-order valence-corrected chi connectivity index (χ2v) is 6.93. The Kier molecular flexibility index (Phi) is 12.7. The van der Waals surface area contributed by atoms with Crippen LogP contribution in [0.25, 0.3) is 0 Å². The monoisotopic (exact) mass is 564 g/mol. The maximum atomic E-state index is 12.7. The van der Waals surface area contributed by atoms with Gasteiger partial charge in [-0.1, -0.05) is 12.1 Å². The highest BCUT2D eigenvalue weighted by atomic mass is 127. The second kappa shape index (κ2) is 14.7. The molecule has 0 aromatic heterocycles. The van der Waals surface area contributed by atoms with Crippen LogP contribution in [0.15, 0.2) is 47.5 Å². The van der Waals surface area contributed by atoms with Crippen molar-refractivity contribution < 1.29 is 23.0 Å². The molecule has 0 bridgehead atoms. The van der Waals surface area contributed by atoms with Crippen LogP contribution in [-0.2, 0) is 13.1 Å². The van der Waals surface area contributed by atoms with Crippen LogP contribution in [0.2, 0.25) is 0 Å². The molecular formula is C22H31F2IN4O3. The predicted octanol–water partition coefficient (Wildman–Crippen LogP) is 3.72. The van der Waals surface area contributed by atoms with Crippen molar-refractivity contribution in [2.45, 2.75) is 19.7 Å². The Hall–Kier alpha value is -2.34. The first-order valence-corrected chi connectivity index (χ1v) is 9.84. The summed E-state index contributed by atoms with van der Waals surface area (Å²) in [5.74, 6) is 1.95. The molecule has 0 saturated heterocycles. The van der Waals surface area contributed by atoms with Gasteiger partial charge in [-0.25, -0.2) is 0 Å². The molecule has 0 atom stereocenters. The molecule has 0 aliphatic rings. The van der Waals surface area contributed by atoms with Crippen molar-refractivity contribution >= 4 is 29.9 Å². The summed E-state index contributed by atoms with van der Waals surface area (Å²) >= 11 is 0. The Bertz CT molecular complexity index is 854. The molecule has 0 unspecified atom stereocenters. The summed E-state index contributed by atoms with van der Waals surface area (Å²) < 4.78 is 40.9. The number of rotatable bonds is 11. The zero-order valence-corrected chi connectivity index (χ0v) is 21.1. The average molecular weight is 564 g/mol. The minimum absolute atomic E-state index is 0. The number of aliphatic imine (C=N–C) groups is 1. The third-order valence-electron chi connectivity index (χ3n) is 4.32. The van der Waals surface area contributed by atoms with Crippen molar-refractivity contribution in [3.05, 3.63) is 53.6 Å². The Morgan fingerprint density at radius 2 is 1.81 bits per heavy atom. The van der Waals surface area contributed by atoms with E-state index in [-0.39, 0.29) is 36.3 Å².